The summed E-state index contributed by atoms with van der Waals surface area (Å²) < 4.78 is 31.6. The van der Waals surface area contributed by atoms with Gasteiger partial charge in [-0.25, -0.2) is 18.4 Å². The Morgan fingerprint density at radius 1 is 1.04 bits per heavy atom. The van der Waals surface area contributed by atoms with E-state index in [9.17, 15) is 22.8 Å². The molecule has 0 saturated carbocycles. The molecule has 2 amide bonds. The molecule has 0 aliphatic carbocycles. The second-order valence-corrected chi connectivity index (χ2v) is 6.54. The Balaban J connectivity index is 1.87. The predicted octanol–water partition coefficient (Wildman–Crippen LogP) is 0.681. The number of rotatable bonds is 6. The fourth-order valence-electron chi connectivity index (χ4n) is 1.82. The molecule has 11 heteroatoms. The van der Waals surface area contributed by atoms with Crippen LogP contribution in [-0.2, 0) is 24.3 Å². The van der Waals surface area contributed by atoms with Crippen molar-refractivity contribution in [1.29, 1.82) is 0 Å². The molecular weight excluding hydrogens is 366 g/mol. The lowest BCUT2D eigenvalue weighted by Gasteiger charge is -2.07. The Morgan fingerprint density at radius 2 is 1.62 bits per heavy atom. The van der Waals surface area contributed by atoms with E-state index in [4.69, 9.17) is 14.3 Å². The molecule has 2 rings (SSSR count). The Hall–Kier alpha value is -3.18. The van der Waals surface area contributed by atoms with Crippen LogP contribution in [0.15, 0.2) is 45.9 Å². The maximum Gasteiger partial charge on any atom is 0.374 e. The number of hydrogen-bond donors (Lipinski definition) is 3. The summed E-state index contributed by atoms with van der Waals surface area (Å²) in [6.07, 6.45) is 0. The van der Waals surface area contributed by atoms with Crippen LogP contribution in [0.1, 0.15) is 17.5 Å². The van der Waals surface area contributed by atoms with E-state index < -0.39 is 39.4 Å². The summed E-state index contributed by atoms with van der Waals surface area (Å²) in [6.45, 7) is 0.757. The van der Waals surface area contributed by atoms with E-state index in [2.05, 4.69) is 10.6 Å². The van der Waals surface area contributed by atoms with E-state index in [1.165, 1.54) is 6.92 Å². The minimum Gasteiger partial charge on any atom is -0.450 e. The first-order valence-corrected chi connectivity index (χ1v) is 8.67. The molecule has 138 valence electrons. The molecule has 0 atom stereocenters. The molecule has 0 bridgehead atoms. The van der Waals surface area contributed by atoms with Crippen molar-refractivity contribution in [2.75, 3.05) is 17.2 Å². The summed E-state index contributed by atoms with van der Waals surface area (Å²) in [5, 5.41) is 9.32. The van der Waals surface area contributed by atoms with Gasteiger partial charge in [0, 0.05) is 18.3 Å². The van der Waals surface area contributed by atoms with Crippen LogP contribution in [0.5, 0.6) is 0 Å². The largest absolute Gasteiger partial charge is 0.450 e. The van der Waals surface area contributed by atoms with Crippen molar-refractivity contribution >= 4 is 39.2 Å². The van der Waals surface area contributed by atoms with Crippen LogP contribution >= 0.6 is 0 Å². The van der Waals surface area contributed by atoms with E-state index in [1.807, 2.05) is 0 Å². The van der Waals surface area contributed by atoms with Crippen molar-refractivity contribution in [3.05, 3.63) is 42.2 Å². The topological polar surface area (TPSA) is 158 Å². The third-order valence-electron chi connectivity index (χ3n) is 2.89. The van der Waals surface area contributed by atoms with Crippen molar-refractivity contribution in [2.45, 2.75) is 12.0 Å². The first-order valence-electron chi connectivity index (χ1n) is 7.12. The van der Waals surface area contributed by atoms with Crippen LogP contribution < -0.4 is 15.8 Å². The van der Waals surface area contributed by atoms with Crippen LogP contribution in [-0.4, -0.2) is 32.8 Å². The van der Waals surface area contributed by atoms with E-state index in [1.54, 1.807) is 24.3 Å². The number of sulfonamides is 1. The minimum atomic E-state index is -4.08. The number of nitrogens with one attached hydrogen (secondary N) is 2. The lowest BCUT2D eigenvalue weighted by molar-refractivity contribution is -0.119. The van der Waals surface area contributed by atoms with Gasteiger partial charge in [0.05, 0.1) is 0 Å². The summed E-state index contributed by atoms with van der Waals surface area (Å²) in [5.41, 5.74) is 0.986. The number of esters is 1. The van der Waals surface area contributed by atoms with Gasteiger partial charge >= 0.3 is 5.97 Å². The van der Waals surface area contributed by atoms with Gasteiger partial charge < -0.3 is 19.8 Å². The predicted molar refractivity (Wildman–Crippen MR) is 89.7 cm³/mol. The molecule has 0 unspecified atom stereocenters. The molecule has 1 aromatic carbocycles. The number of anilines is 2. The highest BCUT2D eigenvalue weighted by molar-refractivity contribution is 7.89. The number of furan rings is 1. The van der Waals surface area contributed by atoms with Gasteiger partial charge in [0.1, 0.15) is 0 Å². The molecule has 0 aliphatic rings. The van der Waals surface area contributed by atoms with Crippen molar-refractivity contribution in [2.24, 2.45) is 5.14 Å². The quantitative estimate of drug-likeness (QED) is 0.621. The summed E-state index contributed by atoms with van der Waals surface area (Å²) in [7, 11) is -4.08. The standard InChI is InChI=1S/C15H15N3O7S/c1-9(19)17-10-2-4-11(5-3-10)18-13(20)8-24-15(21)12-6-7-14(25-12)26(16,22)23/h2-7H,8H2,1H3,(H,17,19)(H,18,20)(H2,16,22,23). The number of ether oxygens (including phenoxy) is 1. The molecular formula is C15H15N3O7S. The number of amides is 2. The van der Waals surface area contributed by atoms with Crippen LogP contribution in [0.25, 0.3) is 0 Å². The molecule has 1 heterocycles. The summed E-state index contributed by atoms with van der Waals surface area (Å²) >= 11 is 0. The second kappa shape index (κ2) is 7.80. The van der Waals surface area contributed by atoms with Crippen molar-refractivity contribution in [3.63, 3.8) is 0 Å². The monoisotopic (exact) mass is 381 g/mol. The van der Waals surface area contributed by atoms with Crippen molar-refractivity contribution in [1.82, 2.24) is 0 Å². The molecule has 0 aliphatic heterocycles. The Bertz CT molecular complexity index is 932. The zero-order chi connectivity index (χ0) is 19.3. The van der Waals surface area contributed by atoms with Crippen LogP contribution in [0.3, 0.4) is 0 Å². The van der Waals surface area contributed by atoms with E-state index in [-0.39, 0.29) is 5.91 Å². The molecule has 4 N–H and O–H groups in total. The molecule has 0 spiro atoms. The minimum absolute atomic E-state index is 0.225. The first-order chi connectivity index (χ1) is 12.1. The number of carbonyl (C=O) groups is 3. The lowest BCUT2D eigenvalue weighted by Crippen LogP contribution is -2.20. The van der Waals surface area contributed by atoms with Gasteiger partial charge in [-0.05, 0) is 36.4 Å². The third kappa shape index (κ3) is 5.43. The summed E-state index contributed by atoms with van der Waals surface area (Å²) in [4.78, 5) is 34.4. The maximum absolute atomic E-state index is 11.8. The Kier molecular flexibility index (Phi) is 5.75. The third-order valence-corrected chi connectivity index (χ3v) is 3.67. The molecule has 2 aromatic rings. The van der Waals surface area contributed by atoms with Gasteiger partial charge in [0.25, 0.3) is 15.9 Å². The van der Waals surface area contributed by atoms with E-state index in [0.29, 0.717) is 11.4 Å². The lowest BCUT2D eigenvalue weighted by atomic mass is 10.2. The Labute approximate surface area is 148 Å². The molecule has 0 saturated heterocycles. The van der Waals surface area contributed by atoms with Crippen molar-refractivity contribution in [3.8, 4) is 0 Å². The van der Waals surface area contributed by atoms with Gasteiger partial charge in [-0.3, -0.25) is 9.59 Å². The normalized spacial score (nSPS) is 10.8. The number of benzene rings is 1. The highest BCUT2D eigenvalue weighted by atomic mass is 32.2. The first kappa shape index (κ1) is 19.1. The van der Waals surface area contributed by atoms with E-state index >= 15 is 0 Å². The molecule has 1 aromatic heterocycles. The molecule has 10 nitrogen and oxygen atoms in total. The van der Waals surface area contributed by atoms with Crippen molar-refractivity contribution < 1.29 is 32.0 Å². The zero-order valence-electron chi connectivity index (χ0n) is 13.5. The number of hydrogen-bond acceptors (Lipinski definition) is 7. The number of carbonyl (C=O) groups excluding carboxylic acids is 3. The highest BCUT2D eigenvalue weighted by Gasteiger charge is 2.19. The molecule has 0 fully saturated rings. The van der Waals surface area contributed by atoms with Crippen LogP contribution in [0, 0.1) is 0 Å². The smallest absolute Gasteiger partial charge is 0.374 e. The van der Waals surface area contributed by atoms with Gasteiger partial charge in [-0.1, -0.05) is 0 Å². The van der Waals surface area contributed by atoms with Gasteiger partial charge in [-0.2, -0.15) is 0 Å². The molecule has 0 radical (unpaired) electrons. The fraction of sp³-hybridized carbons (Fsp3) is 0.133. The second-order valence-electron chi connectivity index (χ2n) is 5.05. The summed E-state index contributed by atoms with van der Waals surface area (Å²) in [6, 6.07) is 8.34. The SMILES string of the molecule is CC(=O)Nc1ccc(NC(=O)COC(=O)c2ccc(S(N)(=O)=O)o2)cc1. The fourth-order valence-corrected chi connectivity index (χ4v) is 2.29. The average molecular weight is 381 g/mol. The van der Waals surface area contributed by atoms with Gasteiger partial charge in [0.2, 0.25) is 16.8 Å². The van der Waals surface area contributed by atoms with Gasteiger partial charge in [-0.15, -0.1) is 0 Å². The van der Waals surface area contributed by atoms with Crippen LogP contribution in [0.4, 0.5) is 11.4 Å². The summed E-state index contributed by atoms with van der Waals surface area (Å²) in [5.74, 6) is -2.27. The highest BCUT2D eigenvalue weighted by Crippen LogP contribution is 2.14. The number of nitrogens with two attached hydrogens (primary N) is 1. The van der Waals surface area contributed by atoms with E-state index in [0.717, 1.165) is 12.1 Å². The van der Waals surface area contributed by atoms with Gasteiger partial charge in [0.15, 0.2) is 6.61 Å². The average Bonchev–Trinajstić information content (AvgIpc) is 3.04. The van der Waals surface area contributed by atoms with Crippen LogP contribution in [0.2, 0.25) is 0 Å². The Morgan fingerprint density at radius 3 is 2.12 bits per heavy atom. The maximum atomic E-state index is 11.8. The zero-order valence-corrected chi connectivity index (χ0v) is 14.3. The number of primary sulfonamides is 1. The molecule has 26 heavy (non-hydrogen) atoms.